The topological polar surface area (TPSA) is 0 Å². The van der Waals surface area contributed by atoms with Gasteiger partial charge in [-0.05, 0) is 31.3 Å². The van der Waals surface area contributed by atoms with Gasteiger partial charge in [0.25, 0.3) is 0 Å². The van der Waals surface area contributed by atoms with E-state index in [0.29, 0.717) is 5.92 Å². The van der Waals surface area contributed by atoms with E-state index in [4.69, 9.17) is 0 Å². The molecule has 0 fully saturated rings. The quantitative estimate of drug-likeness (QED) is 0.545. The lowest BCUT2D eigenvalue weighted by atomic mass is 9.94. The van der Waals surface area contributed by atoms with Gasteiger partial charge in [0.2, 0.25) is 0 Å². The van der Waals surface area contributed by atoms with E-state index < -0.39 is 0 Å². The molecule has 0 amide bonds. The van der Waals surface area contributed by atoms with E-state index in [1.807, 2.05) is 0 Å². The number of rotatable bonds is 4. The Kier molecular flexibility index (Phi) is 5.79. The molecule has 0 nitrogen and oxygen atoms in total. The van der Waals surface area contributed by atoms with Crippen LogP contribution in [0.15, 0.2) is 23.3 Å². The first kappa shape index (κ1) is 11.5. The summed E-state index contributed by atoms with van der Waals surface area (Å²) < 4.78 is 0. The van der Waals surface area contributed by atoms with Gasteiger partial charge in [-0.15, -0.1) is 0 Å². The molecule has 0 aliphatic carbocycles. The van der Waals surface area contributed by atoms with Crippen LogP contribution >= 0.6 is 0 Å². The molecule has 0 saturated carbocycles. The molecule has 0 radical (unpaired) electrons. The largest absolute Gasteiger partial charge is 0.0874 e. The number of hydrogen-bond donors (Lipinski definition) is 0. The molecule has 0 aliphatic heterocycles. The highest BCUT2D eigenvalue weighted by molar-refractivity contribution is 5.26. The summed E-state index contributed by atoms with van der Waals surface area (Å²) in [5, 5.41) is 0. The van der Waals surface area contributed by atoms with Crippen LogP contribution in [-0.2, 0) is 0 Å². The molecule has 0 aromatic heterocycles. The Bertz CT molecular complexity index is 164. The molecule has 0 aliphatic rings. The van der Waals surface area contributed by atoms with E-state index in [1.165, 1.54) is 18.4 Å². The van der Waals surface area contributed by atoms with Crippen LogP contribution in [0.3, 0.4) is 0 Å². The lowest BCUT2D eigenvalue weighted by Crippen LogP contribution is -1.96. The lowest BCUT2D eigenvalue weighted by molar-refractivity contribution is 0.758. The van der Waals surface area contributed by atoms with E-state index in [1.54, 1.807) is 5.57 Å². The van der Waals surface area contributed by atoms with Crippen LogP contribution in [0.4, 0.5) is 0 Å². The monoisotopic (exact) mass is 166 g/mol. The van der Waals surface area contributed by atoms with Crippen LogP contribution in [0, 0.1) is 5.92 Å². The first-order chi connectivity index (χ1) is 5.67. The molecule has 0 aromatic rings. The third-order valence-electron chi connectivity index (χ3n) is 2.23. The van der Waals surface area contributed by atoms with E-state index >= 15 is 0 Å². The third-order valence-corrected chi connectivity index (χ3v) is 2.23. The Morgan fingerprint density at radius 3 is 1.92 bits per heavy atom. The molecule has 0 atom stereocenters. The molecule has 12 heavy (non-hydrogen) atoms. The second-order valence-corrected chi connectivity index (χ2v) is 3.42. The Balaban J connectivity index is 4.75. The molecule has 0 heteroatoms. The highest BCUT2D eigenvalue weighted by Gasteiger charge is 2.03. The fourth-order valence-corrected chi connectivity index (χ4v) is 1.56. The molecule has 0 heterocycles. The van der Waals surface area contributed by atoms with Crippen molar-refractivity contribution in [2.24, 2.45) is 5.92 Å². The van der Waals surface area contributed by atoms with Crippen LogP contribution in [-0.4, -0.2) is 0 Å². The van der Waals surface area contributed by atoms with Gasteiger partial charge in [-0.1, -0.05) is 45.4 Å². The summed E-state index contributed by atoms with van der Waals surface area (Å²) in [7, 11) is 0. The van der Waals surface area contributed by atoms with Crippen molar-refractivity contribution in [1.82, 2.24) is 0 Å². The van der Waals surface area contributed by atoms with Crippen molar-refractivity contribution in [1.29, 1.82) is 0 Å². The molecule has 0 N–H and O–H groups in total. The molecule has 0 unspecified atom stereocenters. The van der Waals surface area contributed by atoms with Gasteiger partial charge >= 0.3 is 0 Å². The fraction of sp³-hybridized carbons (Fsp3) is 0.667. The van der Waals surface area contributed by atoms with Crippen LogP contribution in [0.1, 0.15) is 47.5 Å². The summed E-state index contributed by atoms with van der Waals surface area (Å²) in [6.45, 7) is 11.1. The number of hydrogen-bond acceptors (Lipinski definition) is 0. The van der Waals surface area contributed by atoms with E-state index in [9.17, 15) is 0 Å². The van der Waals surface area contributed by atoms with E-state index in [0.717, 1.165) is 0 Å². The van der Waals surface area contributed by atoms with Crippen LogP contribution in [0.5, 0.6) is 0 Å². The summed E-state index contributed by atoms with van der Waals surface area (Å²) in [6.07, 6.45) is 6.77. The second kappa shape index (κ2) is 6.05. The van der Waals surface area contributed by atoms with Crippen LogP contribution in [0.25, 0.3) is 0 Å². The highest BCUT2D eigenvalue weighted by Crippen LogP contribution is 2.21. The average Bonchev–Trinajstić information content (AvgIpc) is 2.05. The van der Waals surface area contributed by atoms with Gasteiger partial charge in [0.15, 0.2) is 0 Å². The van der Waals surface area contributed by atoms with Crippen molar-refractivity contribution in [3.05, 3.63) is 23.3 Å². The standard InChI is InChI=1S/C12H22/c1-6-9-12(10(4)5)11(7-2)8-3/h6,9-10H,7-8H2,1-5H3/b9-6-. The summed E-state index contributed by atoms with van der Waals surface area (Å²) >= 11 is 0. The SMILES string of the molecule is C/C=C\C(=C(CC)CC)C(C)C. The number of allylic oxidation sites excluding steroid dienone is 4. The molecule has 0 aromatic carbocycles. The smallest absolute Gasteiger partial charge is 0.0219 e. The van der Waals surface area contributed by atoms with Crippen molar-refractivity contribution in [2.75, 3.05) is 0 Å². The molecule has 0 bridgehead atoms. The molecule has 0 spiro atoms. The van der Waals surface area contributed by atoms with Gasteiger partial charge < -0.3 is 0 Å². The van der Waals surface area contributed by atoms with Crippen molar-refractivity contribution in [2.45, 2.75) is 47.5 Å². The lowest BCUT2D eigenvalue weighted by Gasteiger charge is -2.12. The average molecular weight is 166 g/mol. The van der Waals surface area contributed by atoms with Crippen molar-refractivity contribution in [3.8, 4) is 0 Å². The predicted molar refractivity (Wildman–Crippen MR) is 57.3 cm³/mol. The van der Waals surface area contributed by atoms with Crippen LogP contribution in [0.2, 0.25) is 0 Å². The first-order valence-electron chi connectivity index (χ1n) is 5.01. The first-order valence-corrected chi connectivity index (χ1v) is 5.01. The van der Waals surface area contributed by atoms with E-state index in [2.05, 4.69) is 46.8 Å². The maximum Gasteiger partial charge on any atom is -0.0219 e. The Morgan fingerprint density at radius 1 is 1.17 bits per heavy atom. The Labute approximate surface area is 77.4 Å². The minimum atomic E-state index is 0.663. The highest BCUT2D eigenvalue weighted by atomic mass is 14.1. The molecule has 0 saturated heterocycles. The maximum absolute atomic E-state index is 2.26. The third kappa shape index (κ3) is 3.25. The Morgan fingerprint density at radius 2 is 1.67 bits per heavy atom. The predicted octanol–water partition coefficient (Wildman–Crippen LogP) is 4.34. The normalized spacial score (nSPS) is 11.2. The van der Waals surface area contributed by atoms with Gasteiger partial charge in [0.1, 0.15) is 0 Å². The molecular formula is C12H22. The zero-order valence-corrected chi connectivity index (χ0v) is 9.15. The second-order valence-electron chi connectivity index (χ2n) is 3.42. The van der Waals surface area contributed by atoms with Crippen molar-refractivity contribution < 1.29 is 0 Å². The van der Waals surface area contributed by atoms with Gasteiger partial charge in [-0.2, -0.15) is 0 Å². The fourth-order valence-electron chi connectivity index (χ4n) is 1.56. The minimum Gasteiger partial charge on any atom is -0.0874 e. The Hall–Kier alpha value is -0.520. The van der Waals surface area contributed by atoms with Crippen LogP contribution < -0.4 is 0 Å². The van der Waals surface area contributed by atoms with Crippen molar-refractivity contribution >= 4 is 0 Å². The van der Waals surface area contributed by atoms with E-state index in [-0.39, 0.29) is 0 Å². The van der Waals surface area contributed by atoms with Gasteiger partial charge in [-0.3, -0.25) is 0 Å². The molecule has 0 rings (SSSR count). The summed E-state index contributed by atoms with van der Waals surface area (Å²) in [6, 6.07) is 0. The van der Waals surface area contributed by atoms with Gasteiger partial charge in [0, 0.05) is 0 Å². The van der Waals surface area contributed by atoms with Gasteiger partial charge in [0.05, 0.1) is 0 Å². The summed E-state index contributed by atoms with van der Waals surface area (Å²) in [4.78, 5) is 0. The minimum absolute atomic E-state index is 0.663. The van der Waals surface area contributed by atoms with Crippen molar-refractivity contribution in [3.63, 3.8) is 0 Å². The zero-order chi connectivity index (χ0) is 9.56. The maximum atomic E-state index is 2.26. The molecular weight excluding hydrogens is 144 g/mol. The summed E-state index contributed by atoms with van der Waals surface area (Å²) in [5.74, 6) is 0.663. The van der Waals surface area contributed by atoms with Gasteiger partial charge in [-0.25, -0.2) is 0 Å². The zero-order valence-electron chi connectivity index (χ0n) is 9.15. The summed E-state index contributed by atoms with van der Waals surface area (Å²) in [5.41, 5.74) is 3.13. The molecule has 70 valence electrons.